The molecule has 0 radical (unpaired) electrons. The number of benzene rings is 4. The van der Waals surface area contributed by atoms with E-state index < -0.39 is 17.1 Å². The lowest BCUT2D eigenvalue weighted by Crippen LogP contribution is -2.30. The fraction of sp³-hybridized carbons (Fsp3) is 0.108. The Hall–Kier alpha value is -5.23. The van der Waals surface area contributed by atoms with Crippen molar-refractivity contribution in [2.24, 2.45) is 0 Å². The number of halogens is 1. The minimum atomic E-state index is -0.627. The average molecular weight is 711 g/mol. The van der Waals surface area contributed by atoms with Gasteiger partial charge in [0.05, 0.1) is 18.7 Å². The zero-order chi connectivity index (χ0) is 34.6. The number of ether oxygens (including phenoxy) is 1. The molecule has 5 rings (SSSR count). The molecule has 1 unspecified atom stereocenters. The normalized spacial score (nSPS) is 11.7. The van der Waals surface area contributed by atoms with Crippen LogP contribution in [0.4, 0.5) is 10.8 Å². The van der Waals surface area contributed by atoms with Crippen molar-refractivity contribution in [2.75, 3.05) is 17.2 Å². The Morgan fingerprint density at radius 2 is 1.55 bits per heavy atom. The van der Waals surface area contributed by atoms with Gasteiger partial charge in [0.25, 0.3) is 11.8 Å². The van der Waals surface area contributed by atoms with Crippen molar-refractivity contribution in [3.8, 4) is 0 Å². The highest BCUT2D eigenvalue weighted by atomic mass is 35.5. The van der Waals surface area contributed by atoms with Gasteiger partial charge < -0.3 is 20.7 Å². The maximum Gasteiger partial charge on any atom is 0.311 e. The number of amides is 3. The summed E-state index contributed by atoms with van der Waals surface area (Å²) in [5.41, 5.74) is 2.75. The number of rotatable bonds is 13. The van der Waals surface area contributed by atoms with Crippen LogP contribution >= 0.6 is 34.7 Å². The Kier molecular flexibility index (Phi) is 12.4. The van der Waals surface area contributed by atoms with Crippen LogP contribution < -0.4 is 16.0 Å². The van der Waals surface area contributed by atoms with Crippen molar-refractivity contribution in [3.05, 3.63) is 148 Å². The fourth-order valence-corrected chi connectivity index (χ4v) is 6.45. The van der Waals surface area contributed by atoms with E-state index in [0.717, 1.165) is 10.5 Å². The summed E-state index contributed by atoms with van der Waals surface area (Å²) in [7, 11) is 0. The highest BCUT2D eigenvalue weighted by Crippen LogP contribution is 2.37. The number of thioether (sulfide) groups is 1. The van der Waals surface area contributed by atoms with Crippen LogP contribution in [0.2, 0.25) is 5.02 Å². The monoisotopic (exact) mass is 710 g/mol. The summed E-state index contributed by atoms with van der Waals surface area (Å²) in [6.07, 6.45) is 1.55. The molecule has 0 fully saturated rings. The van der Waals surface area contributed by atoms with Crippen LogP contribution in [0.1, 0.15) is 39.4 Å². The molecule has 9 nitrogen and oxygen atoms in total. The Morgan fingerprint density at radius 3 is 2.24 bits per heavy atom. The molecule has 1 aromatic heterocycles. The van der Waals surface area contributed by atoms with E-state index in [9.17, 15) is 19.2 Å². The first kappa shape index (κ1) is 35.1. The Balaban J connectivity index is 1.30. The van der Waals surface area contributed by atoms with Gasteiger partial charge >= 0.3 is 5.97 Å². The average Bonchev–Trinajstić information content (AvgIpc) is 3.55. The molecular formula is C37H31ClN4O5S2. The summed E-state index contributed by atoms with van der Waals surface area (Å²) < 4.78 is 4.99. The molecule has 0 aliphatic carbocycles. The third-order valence-electron chi connectivity index (χ3n) is 6.85. The highest BCUT2D eigenvalue weighted by molar-refractivity contribution is 8.00. The smallest absolute Gasteiger partial charge is 0.311 e. The predicted octanol–water partition coefficient (Wildman–Crippen LogP) is 7.78. The number of esters is 1. The van der Waals surface area contributed by atoms with Crippen LogP contribution in [-0.2, 0) is 25.5 Å². The summed E-state index contributed by atoms with van der Waals surface area (Å²) in [5, 5.41) is 10.3. The highest BCUT2D eigenvalue weighted by Gasteiger charge is 2.24. The molecule has 49 heavy (non-hydrogen) atoms. The standard InChI is InChI=1S/C37H31ClN4O5S2/c1-2-47-32(43)22-28-23-48-37(40-28)42-36(46)33(24-11-5-3-6-12-24)49-29-19-17-27(18-20-29)39-35(45)31(21-26-15-9-10-16-30(26)38)41-34(44)25-13-7-4-8-14-25/h3-21,23,33H,2,22H2,1H3,(H,39,45)(H,41,44)(H,40,42,46)/b31-21-. The lowest BCUT2D eigenvalue weighted by atomic mass is 10.1. The summed E-state index contributed by atoms with van der Waals surface area (Å²) in [5.74, 6) is -1.65. The quantitative estimate of drug-likeness (QED) is 0.0647. The number of anilines is 2. The van der Waals surface area contributed by atoms with E-state index >= 15 is 0 Å². The Morgan fingerprint density at radius 1 is 0.878 bits per heavy atom. The third-order valence-corrected chi connectivity index (χ3v) is 9.27. The van der Waals surface area contributed by atoms with Crippen LogP contribution in [0.3, 0.4) is 0 Å². The van der Waals surface area contributed by atoms with Gasteiger partial charge in [0, 0.05) is 26.5 Å². The first-order valence-corrected chi connectivity index (χ1v) is 17.3. The van der Waals surface area contributed by atoms with Crippen molar-refractivity contribution < 1.29 is 23.9 Å². The van der Waals surface area contributed by atoms with Crippen LogP contribution in [0.15, 0.2) is 125 Å². The zero-order valence-corrected chi connectivity index (χ0v) is 28.6. The van der Waals surface area contributed by atoms with Gasteiger partial charge in [-0.05, 0) is 66.6 Å². The van der Waals surface area contributed by atoms with Crippen molar-refractivity contribution in [2.45, 2.75) is 23.5 Å². The van der Waals surface area contributed by atoms with Crippen molar-refractivity contribution in [1.29, 1.82) is 0 Å². The zero-order valence-electron chi connectivity index (χ0n) is 26.2. The van der Waals surface area contributed by atoms with Crippen LogP contribution in [0.5, 0.6) is 0 Å². The van der Waals surface area contributed by atoms with Gasteiger partial charge in [-0.3, -0.25) is 19.2 Å². The minimum Gasteiger partial charge on any atom is -0.466 e. The van der Waals surface area contributed by atoms with Gasteiger partial charge in [-0.2, -0.15) is 0 Å². The van der Waals surface area contributed by atoms with Gasteiger partial charge in [0.1, 0.15) is 10.9 Å². The Bertz CT molecular complexity index is 1950. The number of nitrogens with zero attached hydrogens (tertiary/aromatic N) is 1. The second kappa shape index (κ2) is 17.3. The maximum absolute atomic E-state index is 13.5. The molecule has 0 spiro atoms. The molecule has 3 N–H and O–H groups in total. The molecule has 0 saturated carbocycles. The predicted molar refractivity (Wildman–Crippen MR) is 195 cm³/mol. The number of carbonyl (C=O) groups is 4. The van der Waals surface area contributed by atoms with E-state index in [1.807, 2.05) is 30.3 Å². The van der Waals surface area contributed by atoms with Crippen LogP contribution in [0.25, 0.3) is 6.08 Å². The van der Waals surface area contributed by atoms with E-state index in [2.05, 4.69) is 20.9 Å². The van der Waals surface area contributed by atoms with Crippen LogP contribution in [-0.4, -0.2) is 35.3 Å². The molecule has 12 heteroatoms. The molecule has 1 heterocycles. The molecule has 5 aromatic rings. The van der Waals surface area contributed by atoms with Gasteiger partial charge in [-0.1, -0.05) is 78.3 Å². The lowest BCUT2D eigenvalue weighted by Gasteiger charge is -2.17. The van der Waals surface area contributed by atoms with E-state index in [-0.39, 0.29) is 30.6 Å². The molecule has 3 amide bonds. The summed E-state index contributed by atoms with van der Waals surface area (Å²) in [6.45, 7) is 2.02. The van der Waals surface area contributed by atoms with Crippen LogP contribution in [0, 0.1) is 0 Å². The fourth-order valence-electron chi connectivity index (χ4n) is 4.52. The molecule has 248 valence electrons. The first-order chi connectivity index (χ1) is 23.8. The molecule has 0 aliphatic heterocycles. The topological polar surface area (TPSA) is 126 Å². The Labute approximate surface area is 296 Å². The second-order valence-corrected chi connectivity index (χ2v) is 12.8. The van der Waals surface area contributed by atoms with E-state index in [1.165, 1.54) is 29.2 Å². The summed E-state index contributed by atoms with van der Waals surface area (Å²) in [4.78, 5) is 57.0. The number of nitrogens with one attached hydrogen (secondary N) is 3. The number of thiazole rings is 1. The van der Waals surface area contributed by atoms with Gasteiger partial charge in [0.15, 0.2) is 5.13 Å². The molecule has 1 atom stereocenters. The summed E-state index contributed by atoms with van der Waals surface area (Å²) >= 11 is 8.91. The lowest BCUT2D eigenvalue weighted by molar-refractivity contribution is -0.142. The number of aromatic nitrogens is 1. The number of hydrogen-bond donors (Lipinski definition) is 3. The molecular weight excluding hydrogens is 680 g/mol. The van der Waals surface area contributed by atoms with E-state index in [0.29, 0.717) is 32.7 Å². The van der Waals surface area contributed by atoms with Crippen molar-refractivity contribution >= 4 is 75.3 Å². The maximum atomic E-state index is 13.5. The third kappa shape index (κ3) is 10.1. The SMILES string of the molecule is CCOC(=O)Cc1csc(NC(=O)C(Sc2ccc(NC(=O)/C(=C/c3ccccc3Cl)NC(=O)c3ccccc3)cc2)c2ccccc2)n1. The van der Waals surface area contributed by atoms with Gasteiger partial charge in [-0.25, -0.2) is 4.98 Å². The molecule has 0 bridgehead atoms. The van der Waals surface area contributed by atoms with Crippen molar-refractivity contribution in [3.63, 3.8) is 0 Å². The molecule has 4 aromatic carbocycles. The van der Waals surface area contributed by atoms with E-state index in [4.69, 9.17) is 16.3 Å². The number of hydrogen-bond acceptors (Lipinski definition) is 8. The largest absolute Gasteiger partial charge is 0.466 e. The van der Waals surface area contributed by atoms with Crippen molar-refractivity contribution in [1.82, 2.24) is 10.3 Å². The van der Waals surface area contributed by atoms with E-state index in [1.54, 1.807) is 91.2 Å². The first-order valence-electron chi connectivity index (χ1n) is 15.2. The van der Waals surface area contributed by atoms with Gasteiger partial charge in [-0.15, -0.1) is 23.1 Å². The second-order valence-electron chi connectivity index (χ2n) is 10.4. The van der Waals surface area contributed by atoms with Gasteiger partial charge in [0.2, 0.25) is 5.91 Å². The summed E-state index contributed by atoms with van der Waals surface area (Å²) in [6, 6.07) is 31.9. The minimum absolute atomic E-state index is 0.00816. The number of carbonyl (C=O) groups excluding carboxylic acids is 4. The molecule has 0 saturated heterocycles. The molecule has 0 aliphatic rings.